The van der Waals surface area contributed by atoms with E-state index in [9.17, 15) is 44.0 Å². The normalized spacial score (nSPS) is 11.2. The van der Waals surface area contributed by atoms with E-state index in [2.05, 4.69) is 45.9 Å². The van der Waals surface area contributed by atoms with Crippen molar-refractivity contribution in [2.45, 2.75) is 21.6 Å². The zero-order chi connectivity index (χ0) is 70.8. The number of para-hydroxylation sites is 6. The van der Waals surface area contributed by atoms with Gasteiger partial charge in [0.2, 0.25) is 30.1 Å². The van der Waals surface area contributed by atoms with Crippen molar-refractivity contribution < 1.29 is 72.4 Å². The molecule has 0 aliphatic rings. The predicted molar refractivity (Wildman–Crippen MR) is 365 cm³/mol. The van der Waals surface area contributed by atoms with Crippen molar-refractivity contribution in [2.75, 3.05) is 37.3 Å². The summed E-state index contributed by atoms with van der Waals surface area (Å²) in [7, 11) is -7.44. The van der Waals surface area contributed by atoms with Gasteiger partial charge in [-0.25, -0.2) is 75.0 Å². The summed E-state index contributed by atoms with van der Waals surface area (Å²) in [4.78, 5) is 65.2. The number of ether oxygens (including phenoxy) is 6. The molecule has 3 amide bonds. The summed E-state index contributed by atoms with van der Waals surface area (Å²) in [6.07, 6.45) is 0. The summed E-state index contributed by atoms with van der Waals surface area (Å²) in [5.41, 5.74) is 3.78. The smallest absolute Gasteiger partial charge is 0.279 e. The van der Waals surface area contributed by atoms with Gasteiger partial charge >= 0.3 is 0 Å². The van der Waals surface area contributed by atoms with Gasteiger partial charge in [0.25, 0.3) is 35.4 Å². The minimum Gasteiger partial charge on any atom is -0.497 e. The third-order valence-electron chi connectivity index (χ3n) is 13.8. The van der Waals surface area contributed by atoms with Crippen molar-refractivity contribution in [1.82, 2.24) is 29.9 Å². The number of aryl methyl sites for hydroxylation is 1. The molecule has 27 nitrogen and oxygen atoms in total. The lowest BCUT2D eigenvalue weighted by Gasteiger charge is -2.14. The Bertz CT molecular complexity index is 5490. The third-order valence-corrected chi connectivity index (χ3v) is 16.8. The third kappa shape index (κ3) is 17.6. The lowest BCUT2D eigenvalue weighted by molar-refractivity contribution is 0.101. The molecule has 0 fully saturated rings. The van der Waals surface area contributed by atoms with Crippen molar-refractivity contribution in [3.8, 4) is 52.1 Å². The van der Waals surface area contributed by atoms with E-state index in [0.717, 1.165) is 11.6 Å². The minimum atomic E-state index is -3.97. The van der Waals surface area contributed by atoms with Gasteiger partial charge in [-0.15, -0.1) is 0 Å². The number of halogens is 2. The summed E-state index contributed by atoms with van der Waals surface area (Å²) in [5.74, 6) is -1.30. The zero-order valence-corrected chi connectivity index (χ0v) is 55.3. The number of benzene rings is 9. The number of fused-ring (bicyclic) bond motifs is 3. The van der Waals surface area contributed by atoms with Crippen LogP contribution in [0, 0.1) is 12.7 Å². The van der Waals surface area contributed by atoms with Crippen LogP contribution in [0.3, 0.4) is 0 Å². The van der Waals surface area contributed by atoms with Crippen molar-refractivity contribution in [3.63, 3.8) is 0 Å². The molecule has 99 heavy (non-hydrogen) atoms. The summed E-state index contributed by atoms with van der Waals surface area (Å²) in [6.45, 7) is 1.81. The minimum absolute atomic E-state index is 0.00535. The number of rotatable bonds is 18. The number of aromatic nitrogens is 6. The van der Waals surface area contributed by atoms with E-state index in [0.29, 0.717) is 55.4 Å². The van der Waals surface area contributed by atoms with Gasteiger partial charge in [-0.1, -0.05) is 66.2 Å². The highest BCUT2D eigenvalue weighted by Crippen LogP contribution is 2.37. The lowest BCUT2D eigenvalue weighted by Crippen LogP contribution is -2.17. The molecule has 0 aliphatic carbocycles. The molecule has 3 heterocycles. The molecule has 0 bridgehead atoms. The molecule has 0 saturated heterocycles. The predicted octanol–water partition coefficient (Wildman–Crippen LogP) is 11.1. The van der Waals surface area contributed by atoms with Crippen LogP contribution in [0.2, 0.25) is 5.02 Å². The fourth-order valence-corrected chi connectivity index (χ4v) is 10.9. The van der Waals surface area contributed by atoms with Gasteiger partial charge < -0.3 is 44.4 Å². The SMILES string of the molecule is COc1ccc(Oc2nc3ccccc3nc2C(=O)Nc2cccc(S(N)(=O)=O)c2)c(F)c1.COc1ccc(Oc2nc3ccccc3nc2C(=O)Nc2cccc(S(N)(=O)=O)c2)c(OC)c1.Cc1cc(Cl)ccc1Oc1nc2ccccc2nc1C(=O)Nc1cccc(S(N)(=O)=O)c1. The Morgan fingerprint density at radius 1 is 0.384 bits per heavy atom. The van der Waals surface area contributed by atoms with E-state index < -0.39 is 53.6 Å². The molecule has 12 rings (SSSR count). The second-order valence-electron chi connectivity index (χ2n) is 20.7. The van der Waals surface area contributed by atoms with Crippen molar-refractivity contribution in [2.24, 2.45) is 15.4 Å². The maximum Gasteiger partial charge on any atom is 0.279 e. The van der Waals surface area contributed by atoms with Gasteiger partial charge in [-0.3, -0.25) is 14.4 Å². The standard InChI is InChI=1S/C23H20N4O6S.C22H17ClN4O4S.C22H17FN4O5S/c1-31-15-10-11-19(20(13-15)32-2)33-23-21(26-17-8-3-4-9-18(17)27-23)22(28)25-14-6-5-7-16(12-14)34(24,29)30;1-13-11-14(23)9-10-19(13)31-22-20(26-17-7-2-3-8-18(17)27-22)21(28)25-15-5-4-6-16(12-15)32(24,29)30;1-31-14-9-10-19(16(23)12-14)32-22-20(26-17-7-2-3-8-18(17)27-22)21(28)25-13-5-4-6-15(11-13)33(24,29)30/h3-13H,1-2H3,(H,25,28)(H2,24,29,30);2-12H,1H3,(H,25,28)(H2,24,29,30);2-12H,1H3,(H,25,28)(H2,24,29,30). The van der Waals surface area contributed by atoms with Crippen molar-refractivity contribution >= 4 is 110 Å². The molecular formula is C67H54ClFN12O15S3. The van der Waals surface area contributed by atoms with E-state index in [4.69, 9.17) is 55.4 Å². The highest BCUT2D eigenvalue weighted by atomic mass is 35.5. The highest BCUT2D eigenvalue weighted by Gasteiger charge is 2.25. The number of primary sulfonamides is 3. The highest BCUT2D eigenvalue weighted by molar-refractivity contribution is 7.89. The number of nitrogens with zero attached hydrogens (tertiary/aromatic N) is 6. The van der Waals surface area contributed by atoms with Crippen LogP contribution in [-0.4, -0.2) is 94.2 Å². The van der Waals surface area contributed by atoms with E-state index in [1.165, 1.54) is 106 Å². The first-order chi connectivity index (χ1) is 47.2. The number of carbonyl (C=O) groups is 3. The zero-order valence-electron chi connectivity index (χ0n) is 52.1. The maximum atomic E-state index is 14.5. The molecule has 0 unspecified atom stereocenters. The van der Waals surface area contributed by atoms with E-state index in [1.807, 2.05) is 6.92 Å². The Labute approximate surface area is 568 Å². The molecule has 9 aromatic carbocycles. The first-order valence-corrected chi connectivity index (χ1v) is 33.7. The number of hydrogen-bond donors (Lipinski definition) is 6. The summed E-state index contributed by atoms with van der Waals surface area (Å²) in [6, 6.07) is 51.3. The molecule has 0 radical (unpaired) electrons. The topological polar surface area (TPSA) is 400 Å². The van der Waals surface area contributed by atoms with Crippen LogP contribution < -0.4 is 59.8 Å². The summed E-state index contributed by atoms with van der Waals surface area (Å²) >= 11 is 6.02. The first kappa shape index (κ1) is 70.0. The molecule has 32 heteroatoms. The van der Waals surface area contributed by atoms with Crippen LogP contribution in [0.4, 0.5) is 21.5 Å². The average molecular weight is 1420 g/mol. The van der Waals surface area contributed by atoms with Gasteiger partial charge in [0.15, 0.2) is 40.1 Å². The van der Waals surface area contributed by atoms with Gasteiger partial charge in [-0.05, 0) is 146 Å². The molecule has 0 saturated carbocycles. The van der Waals surface area contributed by atoms with Crippen LogP contribution in [0.15, 0.2) is 215 Å². The van der Waals surface area contributed by atoms with E-state index in [-0.39, 0.29) is 83.7 Å². The summed E-state index contributed by atoms with van der Waals surface area (Å²) in [5, 5.41) is 23.8. The largest absolute Gasteiger partial charge is 0.497 e. The number of nitrogens with two attached hydrogens (primary N) is 3. The van der Waals surface area contributed by atoms with E-state index >= 15 is 0 Å². The second-order valence-corrected chi connectivity index (χ2v) is 25.8. The Kier molecular flexibility index (Phi) is 21.3. The fraction of sp³-hybridized carbons (Fsp3) is 0.0597. The number of hydrogen-bond acceptors (Lipinski definition) is 21. The molecule has 0 atom stereocenters. The van der Waals surface area contributed by atoms with Crippen LogP contribution in [0.25, 0.3) is 33.1 Å². The number of carbonyl (C=O) groups excluding carboxylic acids is 3. The monoisotopic (exact) mass is 1420 g/mol. The quantitative estimate of drug-likeness (QED) is 0.0465. The van der Waals surface area contributed by atoms with Gasteiger partial charge in [0.1, 0.15) is 17.2 Å². The average Bonchev–Trinajstić information content (AvgIpc) is 0.807. The molecular weight excluding hydrogens is 1360 g/mol. The van der Waals surface area contributed by atoms with Crippen LogP contribution in [-0.2, 0) is 30.1 Å². The van der Waals surface area contributed by atoms with Crippen LogP contribution in [0.5, 0.6) is 52.1 Å². The Morgan fingerprint density at radius 3 is 1.06 bits per heavy atom. The van der Waals surface area contributed by atoms with Crippen molar-refractivity contribution in [3.05, 3.63) is 234 Å². The molecule has 504 valence electrons. The first-order valence-electron chi connectivity index (χ1n) is 28.7. The lowest BCUT2D eigenvalue weighted by atomic mass is 10.2. The fourth-order valence-electron chi connectivity index (χ4n) is 9.02. The second kappa shape index (κ2) is 30.1. The Morgan fingerprint density at radius 2 is 0.717 bits per heavy atom. The molecule has 0 spiro atoms. The van der Waals surface area contributed by atoms with Gasteiger partial charge in [-0.2, -0.15) is 0 Å². The van der Waals surface area contributed by atoms with Crippen molar-refractivity contribution in [1.29, 1.82) is 0 Å². The van der Waals surface area contributed by atoms with Crippen LogP contribution in [0.1, 0.15) is 37.0 Å². The van der Waals surface area contributed by atoms with Crippen LogP contribution >= 0.6 is 11.6 Å². The molecule has 9 N–H and O–H groups in total. The molecule has 12 aromatic rings. The summed E-state index contributed by atoms with van der Waals surface area (Å²) < 4.78 is 117. The number of methoxy groups -OCH3 is 3. The number of sulfonamides is 3. The maximum absolute atomic E-state index is 14.5. The molecule has 3 aromatic heterocycles. The Hall–Kier alpha value is -11.8. The molecule has 0 aliphatic heterocycles. The van der Waals surface area contributed by atoms with E-state index in [1.54, 1.807) is 109 Å². The number of amides is 3. The number of nitrogens with one attached hydrogen (secondary N) is 3. The number of anilines is 3. The van der Waals surface area contributed by atoms with Gasteiger partial charge in [0.05, 0.1) is 69.1 Å². The van der Waals surface area contributed by atoms with Gasteiger partial charge in [0, 0.05) is 34.2 Å². The Balaban J connectivity index is 0.000000161.